The van der Waals surface area contributed by atoms with Gasteiger partial charge < -0.3 is 10.1 Å². The molecule has 6 nitrogen and oxygen atoms in total. The Balaban J connectivity index is 1.91. The average molecular weight is 362 g/mol. The van der Waals surface area contributed by atoms with Crippen LogP contribution in [0.25, 0.3) is 0 Å². The Morgan fingerprint density at radius 3 is 2.24 bits per heavy atom. The molecule has 134 valence electrons. The van der Waals surface area contributed by atoms with Crippen molar-refractivity contribution in [3.63, 3.8) is 0 Å². The highest BCUT2D eigenvalue weighted by molar-refractivity contribution is 7.89. The van der Waals surface area contributed by atoms with E-state index in [9.17, 15) is 13.2 Å². The van der Waals surface area contributed by atoms with Crippen LogP contribution in [0.2, 0.25) is 0 Å². The SMILES string of the molecule is COc1ccc(C(=O)NCCN(C)S(=O)(=O)c2ccc(C)cc2)cc1. The van der Waals surface area contributed by atoms with E-state index in [4.69, 9.17) is 4.74 Å². The quantitative estimate of drug-likeness (QED) is 0.818. The third-order valence-corrected chi connectivity index (χ3v) is 5.66. The van der Waals surface area contributed by atoms with Crippen molar-refractivity contribution in [3.8, 4) is 5.75 Å². The van der Waals surface area contributed by atoms with Crippen molar-refractivity contribution in [2.75, 3.05) is 27.2 Å². The van der Waals surface area contributed by atoms with Gasteiger partial charge in [-0.1, -0.05) is 17.7 Å². The number of amides is 1. The van der Waals surface area contributed by atoms with E-state index >= 15 is 0 Å². The van der Waals surface area contributed by atoms with E-state index in [-0.39, 0.29) is 23.9 Å². The standard InChI is InChI=1S/C18H22N2O4S/c1-14-4-10-17(11-5-14)25(22,23)20(2)13-12-19-18(21)15-6-8-16(24-3)9-7-15/h4-11H,12-13H2,1-3H3,(H,19,21). The molecule has 1 N–H and O–H groups in total. The second-order valence-corrected chi connectivity index (χ2v) is 7.67. The highest BCUT2D eigenvalue weighted by atomic mass is 32.2. The van der Waals surface area contributed by atoms with Crippen LogP contribution < -0.4 is 10.1 Å². The lowest BCUT2D eigenvalue weighted by atomic mass is 10.2. The lowest BCUT2D eigenvalue weighted by Crippen LogP contribution is -2.36. The number of carbonyl (C=O) groups is 1. The van der Waals surface area contributed by atoms with Gasteiger partial charge in [-0.05, 0) is 43.3 Å². The molecule has 2 aromatic rings. The number of sulfonamides is 1. The molecule has 0 aliphatic rings. The number of hydrogen-bond acceptors (Lipinski definition) is 4. The first-order valence-electron chi connectivity index (χ1n) is 7.80. The molecule has 0 spiro atoms. The highest BCUT2D eigenvalue weighted by Gasteiger charge is 2.20. The summed E-state index contributed by atoms with van der Waals surface area (Å²) in [7, 11) is -0.512. The van der Waals surface area contributed by atoms with E-state index in [0.29, 0.717) is 11.3 Å². The minimum atomic E-state index is -3.56. The van der Waals surface area contributed by atoms with Gasteiger partial charge in [0.05, 0.1) is 12.0 Å². The summed E-state index contributed by atoms with van der Waals surface area (Å²) >= 11 is 0. The maximum atomic E-state index is 12.5. The van der Waals surface area contributed by atoms with E-state index in [0.717, 1.165) is 5.56 Å². The van der Waals surface area contributed by atoms with Gasteiger partial charge in [0.25, 0.3) is 5.91 Å². The Hall–Kier alpha value is -2.38. The summed E-state index contributed by atoms with van der Waals surface area (Å²) < 4.78 is 31.2. The first-order chi connectivity index (χ1) is 11.8. The van der Waals surface area contributed by atoms with Crippen molar-refractivity contribution in [3.05, 3.63) is 59.7 Å². The minimum absolute atomic E-state index is 0.179. The second-order valence-electron chi connectivity index (χ2n) is 5.62. The third kappa shape index (κ3) is 4.80. The van der Waals surface area contributed by atoms with Crippen molar-refractivity contribution >= 4 is 15.9 Å². The lowest BCUT2D eigenvalue weighted by molar-refractivity contribution is 0.0952. The Morgan fingerprint density at radius 1 is 1.08 bits per heavy atom. The second kappa shape index (κ2) is 8.13. The number of aryl methyl sites for hydroxylation is 1. The summed E-state index contributed by atoms with van der Waals surface area (Å²) in [6, 6.07) is 13.4. The van der Waals surface area contributed by atoms with Gasteiger partial charge in [0.1, 0.15) is 5.75 Å². The molecule has 0 unspecified atom stereocenters. The summed E-state index contributed by atoms with van der Waals surface area (Å²) in [5.74, 6) is 0.407. The van der Waals surface area contributed by atoms with Crippen molar-refractivity contribution in [2.24, 2.45) is 0 Å². The lowest BCUT2D eigenvalue weighted by Gasteiger charge is -2.17. The summed E-state index contributed by atoms with van der Waals surface area (Å²) in [6.07, 6.45) is 0. The van der Waals surface area contributed by atoms with Crippen LogP contribution in [-0.2, 0) is 10.0 Å². The van der Waals surface area contributed by atoms with Crippen molar-refractivity contribution < 1.29 is 17.9 Å². The maximum Gasteiger partial charge on any atom is 0.251 e. The number of carbonyl (C=O) groups excluding carboxylic acids is 1. The van der Waals surface area contributed by atoms with E-state index in [2.05, 4.69) is 5.32 Å². The van der Waals surface area contributed by atoms with Gasteiger partial charge in [-0.25, -0.2) is 8.42 Å². The zero-order chi connectivity index (χ0) is 18.4. The smallest absolute Gasteiger partial charge is 0.251 e. The van der Waals surface area contributed by atoms with Crippen LogP contribution in [0.15, 0.2) is 53.4 Å². The molecular formula is C18H22N2O4S. The number of nitrogens with one attached hydrogen (secondary N) is 1. The molecule has 1 amide bonds. The summed E-state index contributed by atoms with van der Waals surface area (Å²) in [5.41, 5.74) is 1.48. The van der Waals surface area contributed by atoms with E-state index in [1.54, 1.807) is 55.6 Å². The van der Waals surface area contributed by atoms with Gasteiger partial charge in [0.2, 0.25) is 10.0 Å². The van der Waals surface area contributed by atoms with Crippen LogP contribution >= 0.6 is 0 Å². The molecule has 2 aromatic carbocycles. The number of methoxy groups -OCH3 is 1. The monoisotopic (exact) mass is 362 g/mol. The van der Waals surface area contributed by atoms with Crippen molar-refractivity contribution in [1.82, 2.24) is 9.62 Å². The van der Waals surface area contributed by atoms with Gasteiger partial charge in [0, 0.05) is 25.7 Å². The zero-order valence-corrected chi connectivity index (χ0v) is 15.3. The fourth-order valence-electron chi connectivity index (χ4n) is 2.18. The number of ether oxygens (including phenoxy) is 1. The summed E-state index contributed by atoms with van der Waals surface area (Å²) in [4.78, 5) is 12.3. The molecule has 0 aromatic heterocycles. The highest BCUT2D eigenvalue weighted by Crippen LogP contribution is 2.14. The van der Waals surface area contributed by atoms with E-state index < -0.39 is 10.0 Å². The molecule has 0 fully saturated rings. The predicted octanol–water partition coefficient (Wildman–Crippen LogP) is 2.05. The molecular weight excluding hydrogens is 340 g/mol. The fraction of sp³-hybridized carbons (Fsp3) is 0.278. The van der Waals surface area contributed by atoms with Gasteiger partial charge in [0.15, 0.2) is 0 Å². The molecule has 0 bridgehead atoms. The maximum absolute atomic E-state index is 12.5. The Labute approximate surface area is 148 Å². The van der Waals surface area contributed by atoms with Gasteiger partial charge in [-0.3, -0.25) is 4.79 Å². The molecule has 0 saturated heterocycles. The Bertz CT molecular complexity index is 815. The topological polar surface area (TPSA) is 75.7 Å². The molecule has 7 heteroatoms. The summed E-state index contributed by atoms with van der Waals surface area (Å²) in [5, 5.41) is 2.71. The molecule has 0 aliphatic carbocycles. The van der Waals surface area contributed by atoms with Crippen molar-refractivity contribution in [1.29, 1.82) is 0 Å². The third-order valence-electron chi connectivity index (χ3n) is 3.79. The minimum Gasteiger partial charge on any atom is -0.497 e. The number of likely N-dealkylation sites (N-methyl/N-ethyl adjacent to an activating group) is 1. The normalized spacial score (nSPS) is 11.4. The molecule has 25 heavy (non-hydrogen) atoms. The van der Waals surface area contributed by atoms with E-state index in [1.165, 1.54) is 11.4 Å². The van der Waals surface area contributed by atoms with Gasteiger partial charge in [-0.2, -0.15) is 4.31 Å². The molecule has 0 heterocycles. The molecule has 2 rings (SSSR count). The number of rotatable bonds is 7. The van der Waals surface area contributed by atoms with E-state index in [1.807, 2.05) is 6.92 Å². The number of hydrogen-bond donors (Lipinski definition) is 1. The summed E-state index contributed by atoms with van der Waals surface area (Å²) in [6.45, 7) is 2.29. The van der Waals surface area contributed by atoms with Crippen LogP contribution in [0.5, 0.6) is 5.75 Å². The van der Waals surface area contributed by atoms with Gasteiger partial charge >= 0.3 is 0 Å². The predicted molar refractivity (Wildman–Crippen MR) is 96.3 cm³/mol. The van der Waals surface area contributed by atoms with Crippen LogP contribution in [-0.4, -0.2) is 45.9 Å². The van der Waals surface area contributed by atoms with Gasteiger partial charge in [-0.15, -0.1) is 0 Å². The Kier molecular flexibility index (Phi) is 6.17. The fourth-order valence-corrected chi connectivity index (χ4v) is 3.35. The number of nitrogens with zero attached hydrogens (tertiary/aromatic N) is 1. The van der Waals surface area contributed by atoms with Crippen LogP contribution in [0.4, 0.5) is 0 Å². The molecule has 0 radical (unpaired) electrons. The first-order valence-corrected chi connectivity index (χ1v) is 9.24. The largest absolute Gasteiger partial charge is 0.497 e. The number of benzene rings is 2. The average Bonchev–Trinajstić information content (AvgIpc) is 2.62. The first kappa shape index (κ1) is 19.0. The molecule has 0 saturated carbocycles. The zero-order valence-electron chi connectivity index (χ0n) is 14.5. The molecule has 0 aliphatic heterocycles. The van der Waals surface area contributed by atoms with Crippen molar-refractivity contribution in [2.45, 2.75) is 11.8 Å². The van der Waals surface area contributed by atoms with Crippen LogP contribution in [0.3, 0.4) is 0 Å². The van der Waals surface area contributed by atoms with Crippen LogP contribution in [0, 0.1) is 6.92 Å². The van der Waals surface area contributed by atoms with Crippen LogP contribution in [0.1, 0.15) is 15.9 Å². The molecule has 0 atom stereocenters. The Morgan fingerprint density at radius 2 is 1.68 bits per heavy atom.